The molecule has 31 heavy (non-hydrogen) atoms. The number of hydrazine groups is 1. The van der Waals surface area contributed by atoms with Gasteiger partial charge >= 0.3 is 0 Å². The molecule has 0 spiro atoms. The van der Waals surface area contributed by atoms with Crippen molar-refractivity contribution >= 4 is 18.0 Å². The number of halogens is 1. The van der Waals surface area contributed by atoms with Crippen LogP contribution in [0.4, 0.5) is 4.39 Å². The Labute approximate surface area is 175 Å². The molecule has 1 unspecified atom stereocenters. The fourth-order valence-corrected chi connectivity index (χ4v) is 3.35. The zero-order valence-electron chi connectivity index (χ0n) is 16.3. The lowest BCUT2D eigenvalue weighted by Crippen LogP contribution is -2.36. The van der Waals surface area contributed by atoms with Gasteiger partial charge in [-0.1, -0.05) is 23.4 Å². The van der Waals surface area contributed by atoms with E-state index in [0.29, 0.717) is 39.9 Å². The second kappa shape index (κ2) is 7.61. The molecule has 0 bridgehead atoms. The lowest BCUT2D eigenvalue weighted by Gasteiger charge is -2.11. The average Bonchev–Trinajstić information content (AvgIpc) is 3.49. The van der Waals surface area contributed by atoms with Gasteiger partial charge in [-0.05, 0) is 12.1 Å². The molecule has 0 saturated carbocycles. The second-order valence-corrected chi connectivity index (χ2v) is 6.94. The molecule has 2 aliphatic rings. The summed E-state index contributed by atoms with van der Waals surface area (Å²) >= 11 is 0. The maximum Gasteiger partial charge on any atom is 0.222 e. The van der Waals surface area contributed by atoms with Crippen molar-refractivity contribution in [2.75, 3.05) is 0 Å². The quantitative estimate of drug-likeness (QED) is 0.573. The SMILES string of the molecule is CC(=O)NC1=C2C=NC(c3cc(-c4ccon4)n(Cc4ccccc4F)n3)=NC2NN1. The molecule has 0 aliphatic carbocycles. The summed E-state index contributed by atoms with van der Waals surface area (Å²) in [7, 11) is 0. The third-order valence-electron chi connectivity index (χ3n) is 4.78. The fourth-order valence-electron chi connectivity index (χ4n) is 3.35. The minimum absolute atomic E-state index is 0.201. The van der Waals surface area contributed by atoms with E-state index < -0.39 is 6.17 Å². The van der Waals surface area contributed by atoms with Crippen LogP contribution in [-0.4, -0.2) is 39.1 Å². The molecule has 156 valence electrons. The van der Waals surface area contributed by atoms with E-state index in [-0.39, 0.29) is 18.3 Å². The molecule has 1 aromatic carbocycles. The maximum absolute atomic E-state index is 14.2. The molecule has 2 aliphatic heterocycles. The van der Waals surface area contributed by atoms with E-state index in [1.807, 2.05) is 0 Å². The van der Waals surface area contributed by atoms with Gasteiger partial charge in [0.2, 0.25) is 5.91 Å². The van der Waals surface area contributed by atoms with Crippen molar-refractivity contribution in [2.45, 2.75) is 19.6 Å². The van der Waals surface area contributed by atoms with Gasteiger partial charge < -0.3 is 15.3 Å². The summed E-state index contributed by atoms with van der Waals surface area (Å²) < 4.78 is 20.8. The summed E-state index contributed by atoms with van der Waals surface area (Å²) in [5, 5.41) is 11.3. The average molecular weight is 420 g/mol. The number of fused-ring (bicyclic) bond motifs is 1. The Hall–Kier alpha value is -4.12. The summed E-state index contributed by atoms with van der Waals surface area (Å²) in [6.07, 6.45) is 2.65. The van der Waals surface area contributed by atoms with Crippen LogP contribution in [0, 0.1) is 5.82 Å². The third-order valence-corrected chi connectivity index (χ3v) is 4.78. The number of aliphatic imine (C=N–C) groups is 2. The van der Waals surface area contributed by atoms with Crippen molar-refractivity contribution in [1.82, 2.24) is 31.1 Å². The molecule has 11 heteroatoms. The topological polar surface area (TPSA) is 122 Å². The molecule has 0 radical (unpaired) electrons. The van der Waals surface area contributed by atoms with Crippen molar-refractivity contribution < 1.29 is 13.7 Å². The molecule has 0 saturated heterocycles. The van der Waals surface area contributed by atoms with E-state index in [2.05, 4.69) is 36.4 Å². The van der Waals surface area contributed by atoms with Gasteiger partial charge in [0.1, 0.15) is 35.5 Å². The van der Waals surface area contributed by atoms with Gasteiger partial charge in [0.05, 0.1) is 17.8 Å². The highest BCUT2D eigenvalue weighted by Crippen LogP contribution is 2.23. The summed E-state index contributed by atoms with van der Waals surface area (Å²) in [5.41, 5.74) is 8.77. The largest absolute Gasteiger partial charge is 0.364 e. The highest BCUT2D eigenvalue weighted by molar-refractivity contribution is 6.07. The predicted molar refractivity (Wildman–Crippen MR) is 109 cm³/mol. The number of carbonyl (C=O) groups is 1. The van der Waals surface area contributed by atoms with Gasteiger partial charge in [-0.3, -0.25) is 9.48 Å². The van der Waals surface area contributed by atoms with Gasteiger partial charge in [0, 0.05) is 24.8 Å². The molecule has 2 aromatic heterocycles. The summed E-state index contributed by atoms with van der Waals surface area (Å²) in [5.74, 6) is 0.381. The Balaban J connectivity index is 1.50. The van der Waals surface area contributed by atoms with Crippen LogP contribution in [0.1, 0.15) is 18.2 Å². The van der Waals surface area contributed by atoms with E-state index >= 15 is 0 Å². The van der Waals surface area contributed by atoms with Crippen LogP contribution in [-0.2, 0) is 11.3 Å². The van der Waals surface area contributed by atoms with Gasteiger partial charge in [-0.25, -0.2) is 19.8 Å². The molecule has 4 heterocycles. The normalized spacial score (nSPS) is 17.4. The van der Waals surface area contributed by atoms with Gasteiger partial charge in [-0.2, -0.15) is 5.10 Å². The van der Waals surface area contributed by atoms with Crippen LogP contribution >= 0.6 is 0 Å². The summed E-state index contributed by atoms with van der Waals surface area (Å²) in [6.45, 7) is 1.62. The Kier molecular flexibility index (Phi) is 4.64. The van der Waals surface area contributed by atoms with Gasteiger partial charge in [0.15, 0.2) is 5.84 Å². The number of hydrogen-bond acceptors (Lipinski definition) is 8. The number of nitrogens with zero attached hydrogens (tertiary/aromatic N) is 5. The molecular weight excluding hydrogens is 403 g/mol. The molecule has 5 rings (SSSR count). The van der Waals surface area contributed by atoms with Crippen LogP contribution in [0.5, 0.6) is 0 Å². The third kappa shape index (κ3) is 3.62. The Morgan fingerprint density at radius 1 is 1.29 bits per heavy atom. The zero-order valence-corrected chi connectivity index (χ0v) is 16.3. The van der Waals surface area contributed by atoms with E-state index in [1.165, 1.54) is 19.3 Å². The molecule has 1 amide bonds. The van der Waals surface area contributed by atoms with Crippen LogP contribution in [0.25, 0.3) is 11.4 Å². The highest BCUT2D eigenvalue weighted by atomic mass is 19.1. The standard InChI is InChI=1S/C20H17FN8O2/c1-11(30)23-18-13-9-22-20(24-19(13)26-25-18)16-8-17(15-6-7-31-28-15)29(27-16)10-12-4-2-3-5-14(12)21/h2-9,19,25-26H,10H2,1H3,(H,23,30). The van der Waals surface area contributed by atoms with Crippen LogP contribution < -0.4 is 16.2 Å². The molecular formula is C20H17FN8O2. The molecule has 10 nitrogen and oxygen atoms in total. The van der Waals surface area contributed by atoms with E-state index in [1.54, 1.807) is 41.2 Å². The van der Waals surface area contributed by atoms with E-state index in [0.717, 1.165) is 0 Å². The molecule has 3 N–H and O–H groups in total. The number of rotatable bonds is 5. The number of benzene rings is 1. The number of carbonyl (C=O) groups excluding carboxylic acids is 1. The highest BCUT2D eigenvalue weighted by Gasteiger charge is 2.28. The first-order valence-electron chi connectivity index (χ1n) is 9.46. The van der Waals surface area contributed by atoms with Gasteiger partial charge in [0.25, 0.3) is 0 Å². The van der Waals surface area contributed by atoms with Crippen molar-refractivity contribution in [3.63, 3.8) is 0 Å². The fraction of sp³-hybridized carbons (Fsp3) is 0.150. The minimum atomic E-state index is -0.429. The number of amidine groups is 1. The van der Waals surface area contributed by atoms with E-state index in [9.17, 15) is 9.18 Å². The Morgan fingerprint density at radius 3 is 2.94 bits per heavy atom. The Morgan fingerprint density at radius 2 is 2.16 bits per heavy atom. The number of nitrogens with one attached hydrogen (secondary N) is 3. The predicted octanol–water partition coefficient (Wildman–Crippen LogP) is 1.34. The summed E-state index contributed by atoms with van der Waals surface area (Å²) in [4.78, 5) is 20.3. The monoisotopic (exact) mass is 420 g/mol. The first kappa shape index (κ1) is 18.9. The molecule has 3 aromatic rings. The first-order valence-corrected chi connectivity index (χ1v) is 9.46. The maximum atomic E-state index is 14.2. The van der Waals surface area contributed by atoms with Crippen molar-refractivity contribution in [3.05, 3.63) is 71.1 Å². The second-order valence-electron chi connectivity index (χ2n) is 6.94. The van der Waals surface area contributed by atoms with Crippen LogP contribution in [0.2, 0.25) is 0 Å². The number of amides is 1. The number of aromatic nitrogens is 3. The van der Waals surface area contributed by atoms with Crippen molar-refractivity contribution in [1.29, 1.82) is 0 Å². The van der Waals surface area contributed by atoms with Crippen molar-refractivity contribution in [3.8, 4) is 11.4 Å². The van der Waals surface area contributed by atoms with E-state index in [4.69, 9.17) is 4.52 Å². The lowest BCUT2D eigenvalue weighted by atomic mass is 10.2. The number of hydrogen-bond donors (Lipinski definition) is 3. The Bertz CT molecular complexity index is 1240. The summed E-state index contributed by atoms with van der Waals surface area (Å²) in [6, 6.07) is 10.0. The van der Waals surface area contributed by atoms with Gasteiger partial charge in [-0.15, -0.1) is 0 Å². The van der Waals surface area contributed by atoms with Crippen LogP contribution in [0.3, 0.4) is 0 Å². The van der Waals surface area contributed by atoms with Crippen molar-refractivity contribution in [2.24, 2.45) is 9.98 Å². The van der Waals surface area contributed by atoms with Crippen LogP contribution in [0.15, 0.2) is 68.6 Å². The molecule has 1 atom stereocenters. The minimum Gasteiger partial charge on any atom is -0.364 e. The smallest absolute Gasteiger partial charge is 0.222 e. The molecule has 0 fully saturated rings. The lowest BCUT2D eigenvalue weighted by molar-refractivity contribution is -0.118. The zero-order chi connectivity index (χ0) is 21.4. The first-order chi connectivity index (χ1) is 15.1.